The van der Waals surface area contributed by atoms with E-state index in [1.54, 1.807) is 12.1 Å². The molecule has 2 heterocycles. The number of fused-ring (bicyclic) bond motifs is 1. The molecule has 2 aromatic heterocycles. The molecule has 0 N–H and O–H groups in total. The monoisotopic (exact) mass is 332 g/mol. The molecule has 0 radical (unpaired) electrons. The molecule has 2 aromatic carbocycles. The Morgan fingerprint density at radius 1 is 0.960 bits per heavy atom. The number of hydrogen-bond acceptors (Lipinski definition) is 2. The Balaban J connectivity index is 1.80. The average Bonchev–Trinajstić information content (AvgIpc) is 3.05. The number of rotatable bonds is 3. The molecule has 124 valence electrons. The van der Waals surface area contributed by atoms with Crippen LogP contribution < -0.4 is 4.74 Å². The molecule has 0 fully saturated rings. The normalized spacial score (nSPS) is 11.0. The summed E-state index contributed by atoms with van der Waals surface area (Å²) >= 11 is 0. The van der Waals surface area contributed by atoms with E-state index in [9.17, 15) is 4.39 Å². The zero-order valence-corrected chi connectivity index (χ0v) is 14.0. The van der Waals surface area contributed by atoms with Crippen molar-refractivity contribution >= 4 is 5.65 Å². The van der Waals surface area contributed by atoms with Gasteiger partial charge in [-0.3, -0.25) is 4.40 Å². The number of hydrogen-bond donors (Lipinski definition) is 0. The van der Waals surface area contributed by atoms with Crippen LogP contribution in [-0.2, 0) is 0 Å². The van der Waals surface area contributed by atoms with Crippen LogP contribution in [0.5, 0.6) is 5.75 Å². The molecule has 0 aliphatic heterocycles. The SMILES string of the molecule is COc1cc(-c2ccn3c(-c4cccc(C)c4)cnc3c2)ccc1F. The van der Waals surface area contributed by atoms with E-state index >= 15 is 0 Å². The van der Waals surface area contributed by atoms with Gasteiger partial charge in [0.1, 0.15) is 5.65 Å². The third-order valence-corrected chi connectivity index (χ3v) is 4.31. The Bertz CT molecular complexity index is 1070. The van der Waals surface area contributed by atoms with Gasteiger partial charge >= 0.3 is 0 Å². The van der Waals surface area contributed by atoms with E-state index in [1.165, 1.54) is 18.7 Å². The lowest BCUT2D eigenvalue weighted by Gasteiger charge is -2.08. The highest BCUT2D eigenvalue weighted by Gasteiger charge is 2.09. The first-order valence-electron chi connectivity index (χ1n) is 8.04. The maximum absolute atomic E-state index is 13.6. The summed E-state index contributed by atoms with van der Waals surface area (Å²) in [6.45, 7) is 2.08. The summed E-state index contributed by atoms with van der Waals surface area (Å²) in [6.07, 6.45) is 3.87. The summed E-state index contributed by atoms with van der Waals surface area (Å²) in [4.78, 5) is 4.53. The molecule has 0 amide bonds. The Labute approximate surface area is 145 Å². The molecule has 25 heavy (non-hydrogen) atoms. The molecule has 0 saturated heterocycles. The van der Waals surface area contributed by atoms with Crippen LogP contribution in [0.3, 0.4) is 0 Å². The highest BCUT2D eigenvalue weighted by molar-refractivity contribution is 5.71. The number of aromatic nitrogens is 2. The minimum Gasteiger partial charge on any atom is -0.494 e. The van der Waals surface area contributed by atoms with Gasteiger partial charge in [-0.05, 0) is 48.4 Å². The van der Waals surface area contributed by atoms with Crippen molar-refractivity contribution in [2.45, 2.75) is 6.92 Å². The first-order chi connectivity index (χ1) is 12.2. The summed E-state index contributed by atoms with van der Waals surface area (Å²) in [6, 6.07) is 17.2. The van der Waals surface area contributed by atoms with Gasteiger partial charge < -0.3 is 4.74 Å². The fraction of sp³-hybridized carbons (Fsp3) is 0.0952. The first kappa shape index (κ1) is 15.4. The average molecular weight is 332 g/mol. The fourth-order valence-electron chi connectivity index (χ4n) is 3.02. The smallest absolute Gasteiger partial charge is 0.165 e. The van der Waals surface area contributed by atoms with Crippen LogP contribution in [0, 0.1) is 12.7 Å². The number of imidazole rings is 1. The third kappa shape index (κ3) is 2.76. The summed E-state index contributed by atoms with van der Waals surface area (Å²) in [5, 5.41) is 0. The molecular weight excluding hydrogens is 315 g/mol. The van der Waals surface area contributed by atoms with Gasteiger partial charge in [0.25, 0.3) is 0 Å². The topological polar surface area (TPSA) is 26.5 Å². The van der Waals surface area contributed by atoms with Crippen LogP contribution in [0.2, 0.25) is 0 Å². The number of nitrogens with zero attached hydrogens (tertiary/aromatic N) is 2. The van der Waals surface area contributed by atoms with Crippen LogP contribution in [0.1, 0.15) is 5.56 Å². The Morgan fingerprint density at radius 3 is 2.60 bits per heavy atom. The summed E-state index contributed by atoms with van der Waals surface area (Å²) in [7, 11) is 1.47. The highest BCUT2D eigenvalue weighted by Crippen LogP contribution is 2.28. The maximum Gasteiger partial charge on any atom is 0.165 e. The zero-order chi connectivity index (χ0) is 17.4. The third-order valence-electron chi connectivity index (χ3n) is 4.31. The van der Waals surface area contributed by atoms with Gasteiger partial charge in [0.05, 0.1) is 19.0 Å². The van der Waals surface area contributed by atoms with Crippen molar-refractivity contribution in [2.24, 2.45) is 0 Å². The van der Waals surface area contributed by atoms with Crippen molar-refractivity contribution in [3.8, 4) is 28.1 Å². The van der Waals surface area contributed by atoms with E-state index < -0.39 is 0 Å². The lowest BCUT2D eigenvalue weighted by atomic mass is 10.1. The van der Waals surface area contributed by atoms with Crippen LogP contribution in [0.15, 0.2) is 67.0 Å². The quantitative estimate of drug-likeness (QED) is 0.520. The minimum absolute atomic E-state index is 0.237. The van der Waals surface area contributed by atoms with Crippen molar-refractivity contribution in [3.63, 3.8) is 0 Å². The van der Waals surface area contributed by atoms with Gasteiger partial charge in [-0.15, -0.1) is 0 Å². The first-order valence-corrected chi connectivity index (χ1v) is 8.04. The van der Waals surface area contributed by atoms with Crippen molar-refractivity contribution in [2.75, 3.05) is 7.11 Å². The fourth-order valence-corrected chi connectivity index (χ4v) is 3.02. The number of aryl methyl sites for hydroxylation is 1. The van der Waals surface area contributed by atoms with Gasteiger partial charge in [0.15, 0.2) is 11.6 Å². The predicted octanol–water partition coefficient (Wildman–Crippen LogP) is 5.12. The molecule has 4 heteroatoms. The second-order valence-electron chi connectivity index (χ2n) is 6.01. The Kier molecular flexibility index (Phi) is 3.73. The van der Waals surface area contributed by atoms with Crippen LogP contribution in [0.25, 0.3) is 28.0 Å². The van der Waals surface area contributed by atoms with Crippen LogP contribution >= 0.6 is 0 Å². The second kappa shape index (κ2) is 6.06. The van der Waals surface area contributed by atoms with Crippen molar-refractivity contribution in [3.05, 3.63) is 78.4 Å². The maximum atomic E-state index is 13.6. The van der Waals surface area contributed by atoms with Gasteiger partial charge in [0.2, 0.25) is 0 Å². The minimum atomic E-state index is -0.366. The van der Waals surface area contributed by atoms with Gasteiger partial charge in [-0.2, -0.15) is 0 Å². The Morgan fingerprint density at radius 2 is 1.80 bits per heavy atom. The van der Waals surface area contributed by atoms with Crippen LogP contribution in [0.4, 0.5) is 4.39 Å². The number of pyridine rings is 1. The van der Waals surface area contributed by atoms with E-state index in [0.29, 0.717) is 0 Å². The molecular formula is C21H17FN2O. The number of halogens is 1. The number of methoxy groups -OCH3 is 1. The largest absolute Gasteiger partial charge is 0.494 e. The lowest BCUT2D eigenvalue weighted by molar-refractivity contribution is 0.387. The van der Waals surface area contributed by atoms with Gasteiger partial charge in [-0.25, -0.2) is 9.37 Å². The standard InChI is InChI=1S/C21H17FN2O/c1-14-4-3-5-17(10-14)19-13-23-21-12-16(8-9-24(19)21)15-6-7-18(22)20(11-15)25-2/h3-13H,1-2H3. The predicted molar refractivity (Wildman–Crippen MR) is 97.3 cm³/mol. The van der Waals surface area contributed by atoms with Crippen molar-refractivity contribution in [1.29, 1.82) is 0 Å². The van der Waals surface area contributed by atoms with Crippen molar-refractivity contribution in [1.82, 2.24) is 9.38 Å². The molecule has 0 spiro atoms. The summed E-state index contributed by atoms with van der Waals surface area (Å²) in [5.41, 5.74) is 6.08. The summed E-state index contributed by atoms with van der Waals surface area (Å²) in [5.74, 6) is -0.129. The van der Waals surface area contributed by atoms with E-state index in [1.807, 2.05) is 30.6 Å². The molecule has 0 unspecified atom stereocenters. The van der Waals surface area contributed by atoms with E-state index in [2.05, 4.69) is 34.5 Å². The molecule has 4 aromatic rings. The lowest BCUT2D eigenvalue weighted by Crippen LogP contribution is -1.91. The zero-order valence-electron chi connectivity index (χ0n) is 14.0. The van der Waals surface area contributed by atoms with Gasteiger partial charge in [-0.1, -0.05) is 29.8 Å². The number of benzene rings is 2. The number of ether oxygens (including phenoxy) is 1. The molecule has 0 bridgehead atoms. The molecule has 4 rings (SSSR count). The molecule has 3 nitrogen and oxygen atoms in total. The highest BCUT2D eigenvalue weighted by atomic mass is 19.1. The van der Waals surface area contributed by atoms with Crippen LogP contribution in [-0.4, -0.2) is 16.5 Å². The second-order valence-corrected chi connectivity index (χ2v) is 6.01. The summed E-state index contributed by atoms with van der Waals surface area (Å²) < 4.78 is 20.7. The molecule has 0 saturated carbocycles. The van der Waals surface area contributed by atoms with E-state index in [4.69, 9.17) is 4.74 Å². The van der Waals surface area contributed by atoms with Gasteiger partial charge in [0, 0.05) is 11.8 Å². The van der Waals surface area contributed by atoms with E-state index in [0.717, 1.165) is 28.0 Å². The molecule has 0 aliphatic rings. The molecule has 0 aliphatic carbocycles. The van der Waals surface area contributed by atoms with Crippen molar-refractivity contribution < 1.29 is 9.13 Å². The Hall–Kier alpha value is -3.14. The van der Waals surface area contributed by atoms with E-state index in [-0.39, 0.29) is 11.6 Å². The molecule has 0 atom stereocenters.